The van der Waals surface area contributed by atoms with E-state index in [0.29, 0.717) is 10.6 Å². The molecule has 0 fully saturated rings. The first kappa shape index (κ1) is 25.9. The van der Waals surface area contributed by atoms with Crippen LogP contribution in [0, 0.1) is 0 Å². The third-order valence-corrected chi connectivity index (χ3v) is 5.48. The maximum absolute atomic E-state index is 13.0. The zero-order chi connectivity index (χ0) is 25.6. The van der Waals surface area contributed by atoms with Gasteiger partial charge in [-0.05, 0) is 63.6 Å². The fourth-order valence-corrected chi connectivity index (χ4v) is 4.12. The van der Waals surface area contributed by atoms with Gasteiger partial charge in [0.05, 0.1) is 16.5 Å². The average molecular weight is 498 g/mol. The molecule has 0 amide bonds. The minimum atomic E-state index is -0.708. The van der Waals surface area contributed by atoms with Gasteiger partial charge in [0.2, 0.25) is 5.78 Å². The first-order valence-corrected chi connectivity index (χ1v) is 11.7. The number of hydrogen-bond donors (Lipinski definition) is 2. The van der Waals surface area contributed by atoms with E-state index in [0.717, 1.165) is 17.4 Å². The number of anilines is 1. The number of aromatic hydroxyl groups is 1. The molecule has 0 spiro atoms. The maximum atomic E-state index is 13.0. The Morgan fingerprint density at radius 1 is 1.11 bits per heavy atom. The normalized spacial score (nSPS) is 14.7. The first-order valence-electron chi connectivity index (χ1n) is 10.9. The van der Waals surface area contributed by atoms with E-state index in [1.54, 1.807) is 39.8 Å². The van der Waals surface area contributed by atoms with Crippen molar-refractivity contribution < 1.29 is 33.7 Å². The molecule has 0 bridgehead atoms. The summed E-state index contributed by atoms with van der Waals surface area (Å²) in [6, 6.07) is 13.7. The third kappa shape index (κ3) is 7.13. The number of carbonyl (C=O) groups is 3. The lowest BCUT2D eigenvalue weighted by Gasteiger charge is -2.19. The standard InChI is InChI=1S/C26H27NO7S/c1-5-32-25(31)22-23(30)20(35-24(22)27-17-9-7-6-8-10-17)14-16-11-12-19(18(28)13-16)33-15-21(29)34-26(2,3)4/h6-14,27-28H,5,15H2,1-4H3/b20-14-. The van der Waals surface area contributed by atoms with Crippen LogP contribution in [0.15, 0.2) is 64.0 Å². The van der Waals surface area contributed by atoms with E-state index in [9.17, 15) is 19.5 Å². The number of esters is 2. The Hall–Kier alpha value is -3.72. The predicted molar refractivity (Wildman–Crippen MR) is 134 cm³/mol. The van der Waals surface area contributed by atoms with Crippen molar-refractivity contribution in [3.05, 3.63) is 69.6 Å². The zero-order valence-corrected chi connectivity index (χ0v) is 20.7. The van der Waals surface area contributed by atoms with E-state index in [2.05, 4.69) is 5.32 Å². The van der Waals surface area contributed by atoms with Crippen LogP contribution >= 0.6 is 11.8 Å². The topological polar surface area (TPSA) is 111 Å². The van der Waals surface area contributed by atoms with Gasteiger partial charge in [-0.2, -0.15) is 0 Å². The monoisotopic (exact) mass is 497 g/mol. The largest absolute Gasteiger partial charge is 0.504 e. The molecule has 0 unspecified atom stereocenters. The van der Waals surface area contributed by atoms with Crippen LogP contribution in [0.4, 0.5) is 5.69 Å². The molecule has 2 aromatic rings. The smallest absolute Gasteiger partial charge is 0.344 e. The number of benzene rings is 2. The van der Waals surface area contributed by atoms with Gasteiger partial charge in [0, 0.05) is 5.69 Å². The molecule has 0 aromatic heterocycles. The third-order valence-electron chi connectivity index (χ3n) is 4.45. The second-order valence-electron chi connectivity index (χ2n) is 8.46. The van der Waals surface area contributed by atoms with Crippen molar-refractivity contribution in [3.63, 3.8) is 0 Å². The van der Waals surface area contributed by atoms with Crippen LogP contribution in [0.3, 0.4) is 0 Å². The summed E-state index contributed by atoms with van der Waals surface area (Å²) >= 11 is 1.11. The Morgan fingerprint density at radius 3 is 2.46 bits per heavy atom. The zero-order valence-electron chi connectivity index (χ0n) is 19.9. The molecule has 1 aliphatic heterocycles. The van der Waals surface area contributed by atoms with Crippen molar-refractivity contribution in [1.82, 2.24) is 0 Å². The molecule has 0 saturated carbocycles. The van der Waals surface area contributed by atoms with Gasteiger partial charge in [0.15, 0.2) is 18.1 Å². The fourth-order valence-electron chi connectivity index (χ4n) is 3.06. The van der Waals surface area contributed by atoms with Crippen LogP contribution in [0.25, 0.3) is 6.08 Å². The van der Waals surface area contributed by atoms with Gasteiger partial charge in [-0.3, -0.25) is 4.79 Å². The molecule has 8 nitrogen and oxygen atoms in total. The van der Waals surface area contributed by atoms with Gasteiger partial charge in [0.1, 0.15) is 11.2 Å². The molecule has 1 heterocycles. The minimum absolute atomic E-state index is 0.0755. The quantitative estimate of drug-likeness (QED) is 0.306. The first-order chi connectivity index (χ1) is 16.6. The van der Waals surface area contributed by atoms with E-state index in [-0.39, 0.29) is 35.2 Å². The molecule has 2 aromatic carbocycles. The highest BCUT2D eigenvalue weighted by molar-refractivity contribution is 8.08. The van der Waals surface area contributed by atoms with Crippen LogP contribution in [0.1, 0.15) is 33.3 Å². The van der Waals surface area contributed by atoms with Crippen molar-refractivity contribution >= 4 is 41.2 Å². The lowest BCUT2D eigenvalue weighted by atomic mass is 10.1. The van der Waals surface area contributed by atoms with Crippen molar-refractivity contribution in [2.24, 2.45) is 0 Å². The molecule has 0 saturated heterocycles. The summed E-state index contributed by atoms with van der Waals surface area (Å²) < 4.78 is 15.6. The highest BCUT2D eigenvalue weighted by Crippen LogP contribution is 2.41. The lowest BCUT2D eigenvalue weighted by Crippen LogP contribution is -2.27. The van der Waals surface area contributed by atoms with Gasteiger partial charge in [-0.15, -0.1) is 0 Å². The minimum Gasteiger partial charge on any atom is -0.504 e. The summed E-state index contributed by atoms with van der Waals surface area (Å²) in [5.41, 5.74) is 0.505. The summed E-state index contributed by atoms with van der Waals surface area (Å²) in [5, 5.41) is 13.8. The van der Waals surface area contributed by atoms with E-state index in [4.69, 9.17) is 14.2 Å². The molecule has 0 aliphatic carbocycles. The Morgan fingerprint density at radius 2 is 1.83 bits per heavy atom. The van der Waals surface area contributed by atoms with Gasteiger partial charge in [0.25, 0.3) is 0 Å². The van der Waals surface area contributed by atoms with Crippen molar-refractivity contribution in [3.8, 4) is 11.5 Å². The molecule has 0 atom stereocenters. The molecule has 2 N–H and O–H groups in total. The van der Waals surface area contributed by atoms with Gasteiger partial charge in [-0.1, -0.05) is 36.0 Å². The van der Waals surface area contributed by atoms with Crippen LogP contribution in [-0.2, 0) is 23.9 Å². The summed E-state index contributed by atoms with van der Waals surface area (Å²) in [6.45, 7) is 6.68. The summed E-state index contributed by atoms with van der Waals surface area (Å²) in [4.78, 5) is 37.7. The lowest BCUT2D eigenvalue weighted by molar-refractivity contribution is -0.157. The number of ketones is 1. The number of Topliss-reactive ketones (excluding diaryl/α,β-unsaturated/α-hetero) is 1. The number of rotatable bonds is 8. The summed E-state index contributed by atoms with van der Waals surface area (Å²) in [5.74, 6) is -1.86. The Balaban J connectivity index is 1.77. The second kappa shape index (κ2) is 11.1. The molecule has 184 valence electrons. The van der Waals surface area contributed by atoms with Gasteiger partial charge in [-0.25, -0.2) is 9.59 Å². The highest BCUT2D eigenvalue weighted by atomic mass is 32.2. The Labute approximate surface area is 208 Å². The van der Waals surface area contributed by atoms with Crippen molar-refractivity contribution in [1.29, 1.82) is 0 Å². The van der Waals surface area contributed by atoms with E-state index >= 15 is 0 Å². The highest BCUT2D eigenvalue weighted by Gasteiger charge is 2.35. The number of para-hydroxylation sites is 1. The van der Waals surface area contributed by atoms with E-state index in [1.807, 2.05) is 30.3 Å². The van der Waals surface area contributed by atoms with Crippen LogP contribution in [-0.4, -0.2) is 41.6 Å². The molecular formula is C26H27NO7S. The predicted octanol–water partition coefficient (Wildman–Crippen LogP) is 4.66. The molecule has 0 radical (unpaired) electrons. The Bertz CT molecular complexity index is 1180. The number of carbonyl (C=O) groups excluding carboxylic acids is 3. The molecular weight excluding hydrogens is 470 g/mol. The SMILES string of the molecule is CCOC(=O)C1=C(Nc2ccccc2)S/C(=C\c2ccc(OCC(=O)OC(C)(C)C)c(O)c2)C1=O. The number of nitrogens with one attached hydrogen (secondary N) is 1. The summed E-state index contributed by atoms with van der Waals surface area (Å²) in [7, 11) is 0. The van der Waals surface area contributed by atoms with E-state index < -0.39 is 23.3 Å². The fraction of sp³-hybridized carbons (Fsp3) is 0.269. The van der Waals surface area contributed by atoms with Crippen molar-refractivity contribution in [2.45, 2.75) is 33.3 Å². The van der Waals surface area contributed by atoms with Gasteiger partial charge < -0.3 is 24.6 Å². The number of phenolic OH excluding ortho intramolecular Hbond substituents is 1. The molecule has 1 aliphatic rings. The van der Waals surface area contributed by atoms with Crippen LogP contribution in [0.2, 0.25) is 0 Å². The maximum Gasteiger partial charge on any atom is 0.344 e. The number of ether oxygens (including phenoxy) is 3. The van der Waals surface area contributed by atoms with Gasteiger partial charge >= 0.3 is 11.9 Å². The molecule has 35 heavy (non-hydrogen) atoms. The molecule has 3 rings (SSSR count). The average Bonchev–Trinajstić information content (AvgIpc) is 3.07. The summed E-state index contributed by atoms with van der Waals surface area (Å²) in [6.07, 6.45) is 1.56. The molecule has 9 heteroatoms. The number of thioether (sulfide) groups is 1. The van der Waals surface area contributed by atoms with E-state index in [1.165, 1.54) is 12.1 Å². The second-order valence-corrected chi connectivity index (χ2v) is 9.51. The number of allylic oxidation sites excluding steroid dienone is 1. The Kier molecular flexibility index (Phi) is 8.24. The number of phenols is 1. The van der Waals surface area contributed by atoms with Crippen LogP contribution < -0.4 is 10.1 Å². The van der Waals surface area contributed by atoms with Crippen LogP contribution in [0.5, 0.6) is 11.5 Å². The van der Waals surface area contributed by atoms with Crippen molar-refractivity contribution in [2.75, 3.05) is 18.5 Å². The number of hydrogen-bond acceptors (Lipinski definition) is 9.